The van der Waals surface area contributed by atoms with Crippen molar-refractivity contribution in [3.63, 3.8) is 0 Å². The summed E-state index contributed by atoms with van der Waals surface area (Å²) in [5, 5.41) is 0.693. The lowest BCUT2D eigenvalue weighted by Gasteiger charge is -2.13. The lowest BCUT2D eigenvalue weighted by molar-refractivity contribution is 0.897. The lowest BCUT2D eigenvalue weighted by Crippen LogP contribution is -2.12. The summed E-state index contributed by atoms with van der Waals surface area (Å²) in [6.07, 6.45) is 1.50. The minimum absolute atomic E-state index is 0.0988. The summed E-state index contributed by atoms with van der Waals surface area (Å²) >= 11 is 1.46. The highest BCUT2D eigenvalue weighted by Crippen LogP contribution is 2.31. The molecule has 3 N–H and O–H groups in total. The Balaban J connectivity index is 2.19. The number of nitrogens with one attached hydrogen (secondary N) is 1. The van der Waals surface area contributed by atoms with E-state index in [4.69, 9.17) is 5.73 Å². The van der Waals surface area contributed by atoms with Crippen LogP contribution in [0.5, 0.6) is 0 Å². The van der Waals surface area contributed by atoms with E-state index in [0.29, 0.717) is 11.7 Å². The topological polar surface area (TPSA) is 71.8 Å². The molecule has 17 heavy (non-hydrogen) atoms. The fourth-order valence-corrected chi connectivity index (χ4v) is 2.41. The van der Waals surface area contributed by atoms with E-state index >= 15 is 0 Å². The molecule has 5 heteroatoms. The molecule has 2 rings (SSSR count). The Morgan fingerprint density at radius 1 is 1.29 bits per heavy atom. The highest BCUT2D eigenvalue weighted by molar-refractivity contribution is 7.99. The smallest absolute Gasteiger partial charge is 0.251 e. The van der Waals surface area contributed by atoms with Crippen LogP contribution in [-0.2, 0) is 0 Å². The molecule has 0 bridgehead atoms. The number of nitrogens with two attached hydrogens (primary N) is 1. The van der Waals surface area contributed by atoms with E-state index in [1.54, 1.807) is 0 Å². The van der Waals surface area contributed by atoms with Crippen molar-refractivity contribution < 1.29 is 0 Å². The van der Waals surface area contributed by atoms with Gasteiger partial charge in [-0.15, -0.1) is 0 Å². The maximum absolute atomic E-state index is 11.2. The molecule has 1 heterocycles. The molecule has 1 aromatic carbocycles. The van der Waals surface area contributed by atoms with Crippen molar-refractivity contribution in [1.82, 2.24) is 9.97 Å². The Kier molecular flexibility index (Phi) is 3.95. The molecule has 88 valence electrons. The molecule has 1 unspecified atom stereocenters. The average Bonchev–Trinajstić information content (AvgIpc) is 2.37. The van der Waals surface area contributed by atoms with Gasteiger partial charge in [0, 0.05) is 24.1 Å². The average molecular weight is 247 g/mol. The van der Waals surface area contributed by atoms with Gasteiger partial charge >= 0.3 is 0 Å². The number of H-pyrrole nitrogens is 1. The van der Waals surface area contributed by atoms with Crippen LogP contribution in [0.4, 0.5) is 0 Å². The zero-order valence-electron chi connectivity index (χ0n) is 9.17. The minimum Gasteiger partial charge on any atom is -0.329 e. The van der Waals surface area contributed by atoms with Gasteiger partial charge in [-0.3, -0.25) is 4.79 Å². The maximum atomic E-state index is 11.2. The standard InChI is InChI=1S/C12H13N3OS/c13-8-10(9-4-2-1-3-5-9)17-12-14-7-6-11(16)15-12/h1-7,10H,8,13H2,(H,14,15,16). The molecule has 0 aliphatic rings. The van der Waals surface area contributed by atoms with Crippen molar-refractivity contribution in [3.05, 3.63) is 58.5 Å². The summed E-state index contributed by atoms with van der Waals surface area (Å²) in [6, 6.07) is 11.3. The molecule has 0 amide bonds. The zero-order valence-corrected chi connectivity index (χ0v) is 9.98. The number of hydrogen-bond acceptors (Lipinski definition) is 4. The minimum atomic E-state index is -0.147. The van der Waals surface area contributed by atoms with Crippen LogP contribution < -0.4 is 11.3 Å². The molecule has 0 aliphatic heterocycles. The molecule has 0 radical (unpaired) electrons. The third-order valence-electron chi connectivity index (χ3n) is 2.29. The number of nitrogens with zero attached hydrogens (tertiary/aromatic N) is 1. The van der Waals surface area contributed by atoms with Gasteiger partial charge in [0.2, 0.25) is 0 Å². The second kappa shape index (κ2) is 5.65. The van der Waals surface area contributed by atoms with Crippen molar-refractivity contribution >= 4 is 11.8 Å². The molecule has 2 aromatic rings. The third kappa shape index (κ3) is 3.18. The van der Waals surface area contributed by atoms with Crippen LogP contribution in [0.15, 0.2) is 52.5 Å². The van der Waals surface area contributed by atoms with E-state index in [0.717, 1.165) is 5.56 Å². The van der Waals surface area contributed by atoms with Gasteiger partial charge in [0.05, 0.1) is 0 Å². The third-order valence-corrected chi connectivity index (χ3v) is 3.47. The van der Waals surface area contributed by atoms with Gasteiger partial charge < -0.3 is 10.7 Å². The van der Waals surface area contributed by atoms with Crippen molar-refractivity contribution in [1.29, 1.82) is 0 Å². The molecule has 1 atom stereocenters. The van der Waals surface area contributed by atoms with Crippen molar-refractivity contribution in [2.45, 2.75) is 10.4 Å². The zero-order chi connectivity index (χ0) is 12.1. The van der Waals surface area contributed by atoms with Gasteiger partial charge in [-0.1, -0.05) is 42.1 Å². The summed E-state index contributed by atoms with van der Waals surface area (Å²) in [4.78, 5) is 17.9. The molecule has 0 saturated carbocycles. The molecule has 0 spiro atoms. The molecule has 1 aromatic heterocycles. The number of aromatic nitrogens is 2. The van der Waals surface area contributed by atoms with Crippen LogP contribution in [0.3, 0.4) is 0 Å². The molecule has 0 fully saturated rings. The SMILES string of the molecule is NCC(Sc1nccc(=O)[nH]1)c1ccccc1. The van der Waals surface area contributed by atoms with E-state index in [2.05, 4.69) is 9.97 Å². The predicted octanol–water partition coefficient (Wildman–Crippen LogP) is 1.56. The Labute approximate surface area is 103 Å². The Morgan fingerprint density at radius 2 is 2.06 bits per heavy atom. The first-order valence-electron chi connectivity index (χ1n) is 5.26. The lowest BCUT2D eigenvalue weighted by atomic mass is 10.1. The van der Waals surface area contributed by atoms with Crippen LogP contribution in [0.25, 0.3) is 0 Å². The normalized spacial score (nSPS) is 12.3. The maximum Gasteiger partial charge on any atom is 0.251 e. The summed E-state index contributed by atoms with van der Waals surface area (Å²) in [5.74, 6) is 0. The van der Waals surface area contributed by atoms with E-state index < -0.39 is 0 Å². The fraction of sp³-hybridized carbons (Fsp3) is 0.167. The van der Waals surface area contributed by atoms with Crippen molar-refractivity contribution in [2.24, 2.45) is 5.73 Å². The van der Waals surface area contributed by atoms with E-state index in [-0.39, 0.29) is 10.8 Å². The van der Waals surface area contributed by atoms with Gasteiger partial charge in [0.1, 0.15) is 0 Å². The number of hydrogen-bond donors (Lipinski definition) is 2. The first kappa shape index (κ1) is 11.9. The van der Waals surface area contributed by atoms with Gasteiger partial charge in [-0.2, -0.15) is 0 Å². The highest BCUT2D eigenvalue weighted by atomic mass is 32.2. The second-order valence-electron chi connectivity index (χ2n) is 3.49. The summed E-state index contributed by atoms with van der Waals surface area (Å²) in [5.41, 5.74) is 6.73. The van der Waals surface area contributed by atoms with Crippen molar-refractivity contribution in [2.75, 3.05) is 6.54 Å². The molecular formula is C12H13N3OS. The van der Waals surface area contributed by atoms with Crippen LogP contribution in [0, 0.1) is 0 Å². The van der Waals surface area contributed by atoms with Gasteiger partial charge in [0.25, 0.3) is 5.56 Å². The summed E-state index contributed by atoms with van der Waals surface area (Å²) in [6.45, 7) is 0.493. The Bertz CT molecular complexity index is 527. The van der Waals surface area contributed by atoms with Crippen LogP contribution in [-0.4, -0.2) is 16.5 Å². The second-order valence-corrected chi connectivity index (χ2v) is 4.68. The van der Waals surface area contributed by atoms with Crippen molar-refractivity contribution in [3.8, 4) is 0 Å². The first-order chi connectivity index (χ1) is 8.29. The molecule has 4 nitrogen and oxygen atoms in total. The largest absolute Gasteiger partial charge is 0.329 e. The van der Waals surface area contributed by atoms with E-state index in [1.165, 1.54) is 24.0 Å². The number of aromatic amines is 1. The Morgan fingerprint density at radius 3 is 2.71 bits per heavy atom. The Hall–Kier alpha value is -1.59. The monoisotopic (exact) mass is 247 g/mol. The van der Waals surface area contributed by atoms with E-state index in [9.17, 15) is 4.79 Å². The quantitative estimate of drug-likeness (QED) is 0.635. The summed E-state index contributed by atoms with van der Waals surface area (Å²) < 4.78 is 0. The van der Waals surface area contributed by atoms with Gasteiger partial charge in [0.15, 0.2) is 5.16 Å². The highest BCUT2D eigenvalue weighted by Gasteiger charge is 2.12. The van der Waals surface area contributed by atoms with Crippen LogP contribution >= 0.6 is 11.8 Å². The van der Waals surface area contributed by atoms with Crippen LogP contribution in [0.2, 0.25) is 0 Å². The molecular weight excluding hydrogens is 234 g/mol. The van der Waals surface area contributed by atoms with E-state index in [1.807, 2.05) is 30.3 Å². The summed E-state index contributed by atoms with van der Waals surface area (Å²) in [7, 11) is 0. The van der Waals surface area contributed by atoms with Gasteiger partial charge in [-0.05, 0) is 5.56 Å². The number of benzene rings is 1. The number of rotatable bonds is 4. The molecule has 0 saturated heterocycles. The van der Waals surface area contributed by atoms with Gasteiger partial charge in [-0.25, -0.2) is 4.98 Å². The first-order valence-corrected chi connectivity index (χ1v) is 6.14. The fourth-order valence-electron chi connectivity index (χ4n) is 1.47. The molecule has 0 aliphatic carbocycles. The number of thioether (sulfide) groups is 1. The van der Waals surface area contributed by atoms with Crippen LogP contribution in [0.1, 0.15) is 10.8 Å². The predicted molar refractivity (Wildman–Crippen MR) is 69.0 cm³/mol.